The summed E-state index contributed by atoms with van der Waals surface area (Å²) >= 11 is 0. The molecule has 1 aromatic heterocycles. The van der Waals surface area contributed by atoms with Crippen molar-refractivity contribution in [2.24, 2.45) is 0 Å². The summed E-state index contributed by atoms with van der Waals surface area (Å²) in [5, 5.41) is 3.18. The van der Waals surface area contributed by atoms with Crippen molar-refractivity contribution in [2.75, 3.05) is 19.6 Å². The van der Waals surface area contributed by atoms with Crippen molar-refractivity contribution >= 4 is 5.91 Å². The quantitative estimate of drug-likeness (QED) is 0.920. The first-order valence-electron chi connectivity index (χ1n) is 8.69. The number of carbonyl (C=O) groups is 1. The molecule has 1 saturated heterocycles. The Hall–Kier alpha value is -2.20. The third-order valence-electron chi connectivity index (χ3n) is 4.67. The van der Waals surface area contributed by atoms with Crippen molar-refractivity contribution in [1.29, 1.82) is 0 Å². The standard InChI is InChI=1S/C20H25N3O/c1-16-3-2-4-18(15-16)20(24)22-19-8-13-23(14-9-19)12-7-17-5-10-21-11-6-17/h2-6,10-11,15,19H,7-9,12-14H2,1H3,(H,22,24). The van der Waals surface area contributed by atoms with Crippen LogP contribution in [0.5, 0.6) is 0 Å². The molecule has 1 aromatic carbocycles. The van der Waals surface area contributed by atoms with E-state index in [-0.39, 0.29) is 11.9 Å². The van der Waals surface area contributed by atoms with Gasteiger partial charge in [-0.3, -0.25) is 9.78 Å². The van der Waals surface area contributed by atoms with Gasteiger partial charge in [0.15, 0.2) is 0 Å². The van der Waals surface area contributed by atoms with Crippen LogP contribution in [0.3, 0.4) is 0 Å². The van der Waals surface area contributed by atoms with Gasteiger partial charge < -0.3 is 10.2 Å². The van der Waals surface area contributed by atoms with Gasteiger partial charge in [-0.25, -0.2) is 0 Å². The molecule has 126 valence electrons. The Balaban J connectivity index is 1.43. The number of hydrogen-bond donors (Lipinski definition) is 1. The van der Waals surface area contributed by atoms with Gasteiger partial charge in [-0.2, -0.15) is 0 Å². The highest BCUT2D eigenvalue weighted by Crippen LogP contribution is 2.13. The third kappa shape index (κ3) is 4.65. The van der Waals surface area contributed by atoms with E-state index in [9.17, 15) is 4.79 Å². The topological polar surface area (TPSA) is 45.2 Å². The number of likely N-dealkylation sites (tertiary alicyclic amines) is 1. The minimum atomic E-state index is 0.0499. The minimum Gasteiger partial charge on any atom is -0.349 e. The molecule has 4 nitrogen and oxygen atoms in total. The third-order valence-corrected chi connectivity index (χ3v) is 4.67. The summed E-state index contributed by atoms with van der Waals surface area (Å²) in [4.78, 5) is 18.9. The number of carbonyl (C=O) groups excluding carboxylic acids is 1. The number of nitrogens with zero attached hydrogens (tertiary/aromatic N) is 2. The molecule has 1 N–H and O–H groups in total. The van der Waals surface area contributed by atoms with E-state index in [0.717, 1.165) is 50.0 Å². The lowest BCUT2D eigenvalue weighted by molar-refractivity contribution is 0.0911. The van der Waals surface area contributed by atoms with Crippen molar-refractivity contribution in [3.63, 3.8) is 0 Å². The maximum Gasteiger partial charge on any atom is 0.251 e. The molecule has 0 saturated carbocycles. The Bertz CT molecular complexity index is 664. The Morgan fingerprint density at radius 1 is 1.21 bits per heavy atom. The van der Waals surface area contributed by atoms with E-state index in [1.54, 1.807) is 0 Å². The molecular formula is C20H25N3O. The molecule has 0 atom stereocenters. The average molecular weight is 323 g/mol. The van der Waals surface area contributed by atoms with Gasteiger partial charge >= 0.3 is 0 Å². The molecule has 3 rings (SSSR count). The monoisotopic (exact) mass is 323 g/mol. The van der Waals surface area contributed by atoms with E-state index < -0.39 is 0 Å². The molecule has 2 heterocycles. The van der Waals surface area contributed by atoms with Gasteiger partial charge in [0.25, 0.3) is 5.91 Å². The lowest BCUT2D eigenvalue weighted by atomic mass is 10.0. The molecule has 24 heavy (non-hydrogen) atoms. The van der Waals surface area contributed by atoms with Crippen molar-refractivity contribution < 1.29 is 4.79 Å². The predicted molar refractivity (Wildman–Crippen MR) is 96.0 cm³/mol. The highest BCUT2D eigenvalue weighted by atomic mass is 16.1. The summed E-state index contributed by atoms with van der Waals surface area (Å²) in [6.45, 7) is 5.17. The largest absolute Gasteiger partial charge is 0.349 e. The number of aryl methyl sites for hydroxylation is 1. The van der Waals surface area contributed by atoms with Crippen LogP contribution >= 0.6 is 0 Å². The summed E-state index contributed by atoms with van der Waals surface area (Å²) in [7, 11) is 0. The highest BCUT2D eigenvalue weighted by molar-refractivity contribution is 5.94. The van der Waals surface area contributed by atoms with Gasteiger partial charge in [-0.15, -0.1) is 0 Å². The van der Waals surface area contributed by atoms with Gasteiger partial charge in [-0.05, 0) is 56.0 Å². The molecule has 1 aliphatic heterocycles. The molecule has 0 radical (unpaired) electrons. The zero-order chi connectivity index (χ0) is 16.8. The Morgan fingerprint density at radius 2 is 1.96 bits per heavy atom. The van der Waals surface area contributed by atoms with Crippen molar-refractivity contribution in [3.05, 3.63) is 65.5 Å². The minimum absolute atomic E-state index is 0.0499. The Morgan fingerprint density at radius 3 is 2.67 bits per heavy atom. The Kier molecular flexibility index (Phi) is 5.59. The number of piperidine rings is 1. The molecule has 4 heteroatoms. The fourth-order valence-electron chi connectivity index (χ4n) is 3.19. The number of benzene rings is 1. The Labute approximate surface area is 143 Å². The number of rotatable bonds is 5. The molecule has 0 aliphatic carbocycles. The molecule has 2 aromatic rings. The molecule has 0 bridgehead atoms. The summed E-state index contributed by atoms with van der Waals surface area (Å²) in [6, 6.07) is 12.2. The second kappa shape index (κ2) is 8.06. The normalized spacial score (nSPS) is 16.0. The zero-order valence-electron chi connectivity index (χ0n) is 14.2. The number of nitrogens with one attached hydrogen (secondary N) is 1. The summed E-state index contributed by atoms with van der Waals surface area (Å²) < 4.78 is 0. The number of hydrogen-bond acceptors (Lipinski definition) is 3. The summed E-state index contributed by atoms with van der Waals surface area (Å²) in [5.74, 6) is 0.0499. The summed E-state index contributed by atoms with van der Waals surface area (Å²) in [6.07, 6.45) is 6.80. The molecule has 1 aliphatic rings. The van der Waals surface area contributed by atoms with Crippen LogP contribution in [-0.2, 0) is 6.42 Å². The molecule has 0 spiro atoms. The fraction of sp³-hybridized carbons (Fsp3) is 0.400. The van der Waals surface area contributed by atoms with Crippen LogP contribution in [0.2, 0.25) is 0 Å². The van der Waals surface area contributed by atoms with E-state index >= 15 is 0 Å². The van der Waals surface area contributed by atoms with Crippen LogP contribution in [0.15, 0.2) is 48.8 Å². The lowest BCUT2D eigenvalue weighted by Crippen LogP contribution is -2.45. The van der Waals surface area contributed by atoms with Crippen LogP contribution in [0, 0.1) is 6.92 Å². The maximum atomic E-state index is 12.3. The first kappa shape index (κ1) is 16.7. The van der Waals surface area contributed by atoms with Gasteiger partial charge in [-0.1, -0.05) is 17.7 Å². The van der Waals surface area contributed by atoms with Gasteiger partial charge in [0, 0.05) is 43.6 Å². The van der Waals surface area contributed by atoms with E-state index in [4.69, 9.17) is 0 Å². The van der Waals surface area contributed by atoms with Crippen LogP contribution in [0.1, 0.15) is 34.3 Å². The number of pyridine rings is 1. The number of amides is 1. The van der Waals surface area contributed by atoms with Crippen molar-refractivity contribution in [3.8, 4) is 0 Å². The highest BCUT2D eigenvalue weighted by Gasteiger charge is 2.20. The van der Waals surface area contributed by atoms with Crippen LogP contribution in [0.25, 0.3) is 0 Å². The molecule has 0 unspecified atom stereocenters. The van der Waals surface area contributed by atoms with E-state index in [2.05, 4.69) is 27.3 Å². The molecule has 1 amide bonds. The molecule has 1 fully saturated rings. The van der Waals surface area contributed by atoms with Gasteiger partial charge in [0.2, 0.25) is 0 Å². The lowest BCUT2D eigenvalue weighted by Gasteiger charge is -2.32. The molecular weight excluding hydrogens is 298 g/mol. The smallest absolute Gasteiger partial charge is 0.251 e. The van der Waals surface area contributed by atoms with E-state index in [0.29, 0.717) is 0 Å². The number of aromatic nitrogens is 1. The van der Waals surface area contributed by atoms with E-state index in [1.165, 1.54) is 5.56 Å². The SMILES string of the molecule is Cc1cccc(C(=O)NC2CCN(CCc3ccncc3)CC2)c1. The average Bonchev–Trinajstić information content (AvgIpc) is 2.62. The van der Waals surface area contributed by atoms with Gasteiger partial charge in [0.05, 0.1) is 0 Å². The van der Waals surface area contributed by atoms with Crippen molar-refractivity contribution in [1.82, 2.24) is 15.2 Å². The van der Waals surface area contributed by atoms with Crippen LogP contribution < -0.4 is 5.32 Å². The van der Waals surface area contributed by atoms with Crippen LogP contribution in [-0.4, -0.2) is 41.5 Å². The first-order valence-corrected chi connectivity index (χ1v) is 8.69. The predicted octanol–water partition coefficient (Wildman–Crippen LogP) is 2.83. The van der Waals surface area contributed by atoms with Crippen LogP contribution in [0.4, 0.5) is 0 Å². The first-order chi connectivity index (χ1) is 11.7. The summed E-state index contributed by atoms with van der Waals surface area (Å²) in [5.41, 5.74) is 3.21. The second-order valence-electron chi connectivity index (χ2n) is 6.56. The van der Waals surface area contributed by atoms with Crippen molar-refractivity contribution in [2.45, 2.75) is 32.2 Å². The van der Waals surface area contributed by atoms with Gasteiger partial charge in [0.1, 0.15) is 0 Å². The maximum absolute atomic E-state index is 12.3. The fourth-order valence-corrected chi connectivity index (χ4v) is 3.19. The second-order valence-corrected chi connectivity index (χ2v) is 6.56. The van der Waals surface area contributed by atoms with E-state index in [1.807, 2.05) is 43.6 Å². The zero-order valence-corrected chi connectivity index (χ0v) is 14.2.